The topological polar surface area (TPSA) is 226 Å². The number of hydrogen-bond donors (Lipinski definition) is 7. The normalized spacial score (nSPS) is 30.9. The van der Waals surface area contributed by atoms with Gasteiger partial charge in [0.2, 0.25) is 18.1 Å². The van der Waals surface area contributed by atoms with E-state index in [9.17, 15) is 39.9 Å². The van der Waals surface area contributed by atoms with Gasteiger partial charge in [0.05, 0.1) is 11.7 Å². The summed E-state index contributed by atoms with van der Waals surface area (Å²) in [6.07, 6.45) is -9.33. The number of nitrogens with zero attached hydrogens (tertiary/aromatic N) is 1. The number of aliphatic hydroxyl groups excluding tert-OH is 5. The molecule has 3 heterocycles. The van der Waals surface area contributed by atoms with Crippen LogP contribution in [0.1, 0.15) is 60.1 Å². The van der Waals surface area contributed by atoms with Crippen LogP contribution in [0.2, 0.25) is 0 Å². The van der Waals surface area contributed by atoms with Crippen LogP contribution in [0.5, 0.6) is 5.75 Å². The molecule has 0 spiro atoms. The molecular formula is C44H55N3O13. The number of carbonyl (C=O) groups excluding carboxylic acids is 3. The minimum absolute atomic E-state index is 0.0731. The van der Waals surface area contributed by atoms with E-state index in [1.807, 2.05) is 35.2 Å². The lowest BCUT2D eigenvalue weighted by atomic mass is 9.97. The quantitative estimate of drug-likeness (QED) is 0.114. The van der Waals surface area contributed by atoms with Gasteiger partial charge in [-0.2, -0.15) is 0 Å². The van der Waals surface area contributed by atoms with E-state index in [0.29, 0.717) is 38.3 Å². The van der Waals surface area contributed by atoms with Crippen LogP contribution in [0.4, 0.5) is 0 Å². The maximum atomic E-state index is 13.0. The summed E-state index contributed by atoms with van der Waals surface area (Å²) in [7, 11) is 0. The third-order valence-corrected chi connectivity index (χ3v) is 10.8. The summed E-state index contributed by atoms with van der Waals surface area (Å²) in [6, 6.07) is 24.3. The van der Waals surface area contributed by atoms with Crippen molar-refractivity contribution in [1.29, 1.82) is 0 Å². The molecule has 0 saturated carbocycles. The van der Waals surface area contributed by atoms with Crippen molar-refractivity contribution in [3.05, 3.63) is 108 Å². The molecule has 6 rings (SSSR count). The summed E-state index contributed by atoms with van der Waals surface area (Å²) in [5.41, 5.74) is 2.00. The number of rotatable bonds is 10. The zero-order valence-electron chi connectivity index (χ0n) is 33.4. The summed E-state index contributed by atoms with van der Waals surface area (Å²) in [6.45, 7) is 3.16. The number of benzene rings is 3. The molecule has 0 bridgehead atoms. The second kappa shape index (κ2) is 21.7. The SMILES string of the molecule is C[C@@H]1O[C@@H](Oc2ccc([C@@H]3CC(=O)NCCCN(C(=O)/C=C\c4ccccc4)CCCCN3)cc2)[C@H](O[C@@H]2O[C@H](COC(=O)c3ccccc3)[C@@H](O)[C@H](O)[C@H]2O)[C@H](O)[C@H]1O. The van der Waals surface area contributed by atoms with Crippen LogP contribution in [-0.2, 0) is 28.5 Å². The zero-order chi connectivity index (χ0) is 42.6. The highest BCUT2D eigenvalue weighted by molar-refractivity contribution is 5.91. The summed E-state index contributed by atoms with van der Waals surface area (Å²) in [5, 5.41) is 60.4. The van der Waals surface area contributed by atoms with Gasteiger partial charge >= 0.3 is 5.97 Å². The van der Waals surface area contributed by atoms with Crippen LogP contribution in [0.15, 0.2) is 91.0 Å². The van der Waals surface area contributed by atoms with Gasteiger partial charge in [-0.3, -0.25) is 9.59 Å². The number of amides is 2. The van der Waals surface area contributed by atoms with E-state index in [1.165, 1.54) is 6.92 Å². The first-order valence-electron chi connectivity index (χ1n) is 20.4. The molecule has 11 atom stereocenters. The largest absolute Gasteiger partial charge is 0.462 e. The lowest BCUT2D eigenvalue weighted by Crippen LogP contribution is -2.64. The van der Waals surface area contributed by atoms with Crippen molar-refractivity contribution in [3.8, 4) is 5.75 Å². The number of hydrogen-bond acceptors (Lipinski definition) is 14. The molecule has 3 aromatic rings. The highest BCUT2D eigenvalue weighted by atomic mass is 16.8. The van der Waals surface area contributed by atoms with Gasteiger partial charge in [0.1, 0.15) is 49.0 Å². The first-order chi connectivity index (χ1) is 29.0. The highest BCUT2D eigenvalue weighted by Gasteiger charge is 2.51. The third kappa shape index (κ3) is 12.0. The average molecular weight is 834 g/mol. The van der Waals surface area contributed by atoms with Crippen LogP contribution < -0.4 is 15.4 Å². The Morgan fingerprint density at radius 3 is 2.22 bits per heavy atom. The number of nitrogens with one attached hydrogen (secondary N) is 2. The van der Waals surface area contributed by atoms with Gasteiger partial charge in [0.15, 0.2) is 12.4 Å². The Balaban J connectivity index is 1.07. The van der Waals surface area contributed by atoms with Crippen LogP contribution in [0.3, 0.4) is 0 Å². The smallest absolute Gasteiger partial charge is 0.338 e. The molecule has 3 aliphatic heterocycles. The molecule has 0 unspecified atom stereocenters. The Bertz CT molecular complexity index is 1850. The summed E-state index contributed by atoms with van der Waals surface area (Å²) in [4.78, 5) is 40.4. The number of esters is 1. The van der Waals surface area contributed by atoms with Crippen molar-refractivity contribution in [2.24, 2.45) is 0 Å². The van der Waals surface area contributed by atoms with E-state index in [1.54, 1.807) is 66.7 Å². The van der Waals surface area contributed by atoms with E-state index in [2.05, 4.69) is 10.6 Å². The third-order valence-electron chi connectivity index (χ3n) is 10.8. The Labute approximate surface area is 348 Å². The molecule has 16 heteroatoms. The maximum absolute atomic E-state index is 13.0. The predicted octanol–water partition coefficient (Wildman–Crippen LogP) is 1.44. The zero-order valence-corrected chi connectivity index (χ0v) is 33.4. The lowest BCUT2D eigenvalue weighted by molar-refractivity contribution is -0.355. The van der Waals surface area contributed by atoms with Crippen LogP contribution in [0.25, 0.3) is 6.08 Å². The van der Waals surface area contributed by atoms with Crippen molar-refractivity contribution in [3.63, 3.8) is 0 Å². The van der Waals surface area contributed by atoms with Crippen molar-refractivity contribution in [1.82, 2.24) is 15.5 Å². The molecule has 2 amide bonds. The Morgan fingerprint density at radius 1 is 0.783 bits per heavy atom. The Hall–Kier alpha value is -4.75. The van der Waals surface area contributed by atoms with Gasteiger partial charge in [-0.05, 0) is 74.2 Å². The molecule has 3 aliphatic rings. The second-order valence-corrected chi connectivity index (χ2v) is 15.1. The van der Waals surface area contributed by atoms with Crippen molar-refractivity contribution in [2.45, 2.75) is 100 Å². The summed E-state index contributed by atoms with van der Waals surface area (Å²) < 4.78 is 29.0. The molecule has 324 valence electrons. The minimum Gasteiger partial charge on any atom is -0.462 e. The van der Waals surface area contributed by atoms with Crippen LogP contribution in [0, 0.1) is 0 Å². The Kier molecular flexibility index (Phi) is 16.2. The number of ether oxygens (including phenoxy) is 5. The molecule has 3 saturated heterocycles. The number of aliphatic hydroxyl groups is 5. The molecular weight excluding hydrogens is 778 g/mol. The first-order valence-corrected chi connectivity index (χ1v) is 20.4. The lowest BCUT2D eigenvalue weighted by Gasteiger charge is -2.45. The molecule has 7 N–H and O–H groups in total. The minimum atomic E-state index is -1.81. The monoisotopic (exact) mass is 833 g/mol. The second-order valence-electron chi connectivity index (χ2n) is 15.1. The highest BCUT2D eigenvalue weighted by Crippen LogP contribution is 2.31. The van der Waals surface area contributed by atoms with Gasteiger partial charge in [-0.1, -0.05) is 60.7 Å². The van der Waals surface area contributed by atoms with Gasteiger partial charge < -0.3 is 64.8 Å². The van der Waals surface area contributed by atoms with Crippen molar-refractivity contribution < 1.29 is 63.6 Å². The van der Waals surface area contributed by atoms with Crippen molar-refractivity contribution in [2.75, 3.05) is 32.8 Å². The fourth-order valence-electron chi connectivity index (χ4n) is 7.23. The van der Waals surface area contributed by atoms with Crippen LogP contribution in [-0.4, -0.2) is 142 Å². The van der Waals surface area contributed by atoms with Gasteiger partial charge in [0, 0.05) is 38.2 Å². The fraction of sp³-hybridized carbons (Fsp3) is 0.477. The fourth-order valence-corrected chi connectivity index (χ4v) is 7.23. The average Bonchev–Trinajstić information content (AvgIpc) is 3.28. The van der Waals surface area contributed by atoms with E-state index in [-0.39, 0.29) is 29.8 Å². The van der Waals surface area contributed by atoms with E-state index in [0.717, 1.165) is 24.0 Å². The summed E-state index contributed by atoms with van der Waals surface area (Å²) in [5.74, 6) is -0.630. The number of carbonyl (C=O) groups is 3. The predicted molar refractivity (Wildman–Crippen MR) is 216 cm³/mol. The first kappa shape index (κ1) is 44.8. The molecule has 0 radical (unpaired) electrons. The van der Waals surface area contributed by atoms with Gasteiger partial charge in [-0.15, -0.1) is 0 Å². The van der Waals surface area contributed by atoms with E-state index < -0.39 is 74.0 Å². The van der Waals surface area contributed by atoms with E-state index in [4.69, 9.17) is 23.7 Å². The standard InChI is InChI=1S/C44H55N3O13/c1-27-36(50)39(53)41(60-43-40(54)38(52)37(51)33(59-43)26-56-42(55)30-13-6-3-7-14-30)44(57-27)58-31-18-16-29(17-19-31)32-25-34(48)46-22-10-24-47(23-9-8-21-45-32)35(49)20-15-28-11-4-2-5-12-28/h2-7,11-20,27,32-33,36-41,43-45,50-54H,8-10,21-26H2,1H3,(H,46,48)/b20-15-/t27-,32-,33+,36-,37+,38-,39+,40+,41+,43-,44-/m0/s1. The Morgan fingerprint density at radius 2 is 1.48 bits per heavy atom. The maximum Gasteiger partial charge on any atom is 0.338 e. The van der Waals surface area contributed by atoms with E-state index >= 15 is 0 Å². The van der Waals surface area contributed by atoms with Crippen molar-refractivity contribution >= 4 is 23.9 Å². The molecule has 0 aliphatic carbocycles. The molecule has 16 nitrogen and oxygen atoms in total. The molecule has 3 fully saturated rings. The molecule has 0 aromatic heterocycles. The van der Waals surface area contributed by atoms with Gasteiger partial charge in [-0.25, -0.2) is 4.79 Å². The van der Waals surface area contributed by atoms with Crippen LogP contribution >= 0.6 is 0 Å². The van der Waals surface area contributed by atoms with Gasteiger partial charge in [0.25, 0.3) is 0 Å². The molecule has 3 aromatic carbocycles. The molecule has 60 heavy (non-hydrogen) atoms. The summed E-state index contributed by atoms with van der Waals surface area (Å²) >= 11 is 0.